The summed E-state index contributed by atoms with van der Waals surface area (Å²) in [5.41, 5.74) is 1.18. The van der Waals surface area contributed by atoms with Crippen molar-refractivity contribution in [3.63, 3.8) is 0 Å². The highest BCUT2D eigenvalue weighted by Gasteiger charge is 2.38. The first-order valence-corrected chi connectivity index (χ1v) is 7.33. The van der Waals surface area contributed by atoms with Crippen LogP contribution < -0.4 is 5.32 Å². The van der Waals surface area contributed by atoms with Gasteiger partial charge in [0.15, 0.2) is 0 Å². The predicted octanol–water partition coefficient (Wildman–Crippen LogP) is 2.29. The zero-order valence-corrected chi connectivity index (χ0v) is 12.5. The van der Waals surface area contributed by atoms with Crippen LogP contribution in [0.4, 0.5) is 4.79 Å². The average molecular weight is 290 g/mol. The summed E-state index contributed by atoms with van der Waals surface area (Å²) in [6.45, 7) is 4.91. The number of carbonyl (C=O) groups is 2. The lowest BCUT2D eigenvalue weighted by molar-refractivity contribution is -0.142. The van der Waals surface area contributed by atoms with Crippen LogP contribution in [-0.4, -0.2) is 41.1 Å². The Morgan fingerprint density at radius 2 is 2.05 bits per heavy atom. The fourth-order valence-corrected chi connectivity index (χ4v) is 2.80. The Morgan fingerprint density at radius 1 is 1.38 bits per heavy atom. The summed E-state index contributed by atoms with van der Waals surface area (Å²) in [5.74, 6) is -1.05. The molecule has 21 heavy (non-hydrogen) atoms. The molecule has 5 heteroatoms. The lowest BCUT2D eigenvalue weighted by Gasteiger charge is -2.24. The third-order valence-electron chi connectivity index (χ3n) is 4.26. The first-order valence-electron chi connectivity index (χ1n) is 7.33. The molecule has 1 aromatic rings. The Balaban J connectivity index is 1.87. The van der Waals surface area contributed by atoms with Crippen molar-refractivity contribution in [2.75, 3.05) is 13.1 Å². The lowest BCUT2D eigenvalue weighted by Crippen LogP contribution is -2.44. The van der Waals surface area contributed by atoms with E-state index in [1.807, 2.05) is 30.3 Å². The summed E-state index contributed by atoms with van der Waals surface area (Å²) < 4.78 is 0. The van der Waals surface area contributed by atoms with E-state index < -0.39 is 11.9 Å². The largest absolute Gasteiger partial charge is 0.481 e. The number of aliphatic carboxylic acids is 1. The fourth-order valence-electron chi connectivity index (χ4n) is 2.80. The maximum Gasteiger partial charge on any atom is 0.317 e. The van der Waals surface area contributed by atoms with E-state index in [4.69, 9.17) is 5.11 Å². The van der Waals surface area contributed by atoms with E-state index >= 15 is 0 Å². The number of likely N-dealkylation sites (tertiary alicyclic amines) is 1. The highest BCUT2D eigenvalue weighted by molar-refractivity contribution is 5.78. The normalized spacial score (nSPS) is 22.9. The van der Waals surface area contributed by atoms with Gasteiger partial charge in [0.05, 0.1) is 5.92 Å². The molecule has 1 fully saturated rings. The topological polar surface area (TPSA) is 69.6 Å². The van der Waals surface area contributed by atoms with Gasteiger partial charge in [-0.3, -0.25) is 4.79 Å². The summed E-state index contributed by atoms with van der Waals surface area (Å²) in [7, 11) is 0. The molecule has 2 N–H and O–H groups in total. The zero-order chi connectivity index (χ0) is 15.4. The van der Waals surface area contributed by atoms with E-state index in [2.05, 4.69) is 12.2 Å². The number of carboxylic acids is 1. The second-order valence-electron chi connectivity index (χ2n) is 5.67. The lowest BCUT2D eigenvalue weighted by atomic mass is 10.0. The van der Waals surface area contributed by atoms with Gasteiger partial charge in [0.25, 0.3) is 0 Å². The van der Waals surface area contributed by atoms with Crippen molar-refractivity contribution in [3.05, 3.63) is 35.9 Å². The third kappa shape index (κ3) is 3.54. The van der Waals surface area contributed by atoms with Crippen molar-refractivity contribution in [3.8, 4) is 0 Å². The molecule has 0 radical (unpaired) electrons. The fraction of sp³-hybridized carbons (Fsp3) is 0.500. The van der Waals surface area contributed by atoms with E-state index in [1.165, 1.54) is 5.56 Å². The number of benzene rings is 1. The van der Waals surface area contributed by atoms with Crippen LogP contribution in [0.15, 0.2) is 30.3 Å². The van der Waals surface area contributed by atoms with Crippen molar-refractivity contribution >= 4 is 12.0 Å². The number of nitrogens with zero attached hydrogens (tertiary/aromatic N) is 1. The van der Waals surface area contributed by atoms with Crippen molar-refractivity contribution in [2.24, 2.45) is 5.92 Å². The van der Waals surface area contributed by atoms with Gasteiger partial charge < -0.3 is 15.3 Å². The third-order valence-corrected chi connectivity index (χ3v) is 4.26. The van der Waals surface area contributed by atoms with Crippen molar-refractivity contribution in [1.29, 1.82) is 0 Å². The molecule has 3 atom stereocenters. The summed E-state index contributed by atoms with van der Waals surface area (Å²) in [4.78, 5) is 24.9. The van der Waals surface area contributed by atoms with Gasteiger partial charge in [-0.1, -0.05) is 37.3 Å². The van der Waals surface area contributed by atoms with Crippen LogP contribution in [0.25, 0.3) is 0 Å². The predicted molar refractivity (Wildman–Crippen MR) is 80.2 cm³/mol. The number of nitrogens with one attached hydrogen (secondary N) is 1. The van der Waals surface area contributed by atoms with Gasteiger partial charge in [-0.2, -0.15) is 0 Å². The monoisotopic (exact) mass is 290 g/mol. The van der Waals surface area contributed by atoms with Crippen LogP contribution in [-0.2, 0) is 4.79 Å². The van der Waals surface area contributed by atoms with Crippen LogP contribution in [0.3, 0.4) is 0 Å². The second-order valence-corrected chi connectivity index (χ2v) is 5.67. The first-order chi connectivity index (χ1) is 10.0. The molecule has 2 rings (SSSR count). The molecular weight excluding hydrogens is 268 g/mol. The van der Waals surface area contributed by atoms with Crippen LogP contribution >= 0.6 is 0 Å². The van der Waals surface area contributed by atoms with Crippen LogP contribution in [0.2, 0.25) is 0 Å². The van der Waals surface area contributed by atoms with Crippen molar-refractivity contribution < 1.29 is 14.7 Å². The van der Waals surface area contributed by atoms with Gasteiger partial charge in [-0.05, 0) is 24.8 Å². The van der Waals surface area contributed by atoms with E-state index in [0.717, 1.165) is 0 Å². The van der Waals surface area contributed by atoms with E-state index in [1.54, 1.807) is 11.8 Å². The summed E-state index contributed by atoms with van der Waals surface area (Å²) in [6, 6.07) is 9.57. The molecular formula is C16H22N2O3. The molecule has 1 saturated heterocycles. The minimum Gasteiger partial charge on any atom is -0.481 e. The summed E-state index contributed by atoms with van der Waals surface area (Å²) >= 11 is 0. The zero-order valence-electron chi connectivity index (χ0n) is 12.5. The quantitative estimate of drug-likeness (QED) is 0.894. The number of hydrogen-bond acceptors (Lipinski definition) is 2. The van der Waals surface area contributed by atoms with Gasteiger partial charge in [-0.25, -0.2) is 4.79 Å². The highest BCUT2D eigenvalue weighted by Crippen LogP contribution is 2.24. The molecule has 0 spiro atoms. The Morgan fingerprint density at radius 3 is 2.62 bits per heavy atom. The Kier molecular flexibility index (Phi) is 4.83. The van der Waals surface area contributed by atoms with Gasteiger partial charge in [0.1, 0.15) is 0 Å². The van der Waals surface area contributed by atoms with Crippen LogP contribution in [0.1, 0.15) is 31.7 Å². The molecule has 1 aromatic carbocycles. The smallest absolute Gasteiger partial charge is 0.317 e. The highest BCUT2D eigenvalue weighted by atomic mass is 16.4. The number of urea groups is 1. The van der Waals surface area contributed by atoms with Gasteiger partial charge >= 0.3 is 12.0 Å². The number of carbonyl (C=O) groups excluding carboxylic acids is 1. The number of hydrogen-bond donors (Lipinski definition) is 2. The average Bonchev–Trinajstić information content (AvgIpc) is 2.87. The Labute approximate surface area is 125 Å². The summed E-state index contributed by atoms with van der Waals surface area (Å²) in [5, 5.41) is 12.0. The van der Waals surface area contributed by atoms with E-state index in [0.29, 0.717) is 19.5 Å². The second kappa shape index (κ2) is 6.61. The molecule has 2 amide bonds. The van der Waals surface area contributed by atoms with Crippen molar-refractivity contribution in [1.82, 2.24) is 10.2 Å². The molecule has 114 valence electrons. The maximum absolute atomic E-state index is 12.2. The van der Waals surface area contributed by atoms with Gasteiger partial charge in [0.2, 0.25) is 0 Å². The van der Waals surface area contributed by atoms with E-state index in [-0.39, 0.29) is 18.0 Å². The SMILES string of the molecule is CC(CNC(=O)N1CCC(C(=O)O)C1C)c1ccccc1. The molecule has 0 aromatic heterocycles. The Bertz CT molecular complexity index is 504. The molecule has 0 saturated carbocycles. The molecule has 0 bridgehead atoms. The molecule has 1 heterocycles. The van der Waals surface area contributed by atoms with Gasteiger partial charge in [-0.15, -0.1) is 0 Å². The Hall–Kier alpha value is -2.04. The number of carboxylic acid groups (broad SMARTS) is 1. The first kappa shape index (κ1) is 15.4. The number of rotatable bonds is 4. The minimum absolute atomic E-state index is 0.172. The minimum atomic E-state index is -0.824. The van der Waals surface area contributed by atoms with Crippen LogP contribution in [0, 0.1) is 5.92 Å². The van der Waals surface area contributed by atoms with Crippen molar-refractivity contribution in [2.45, 2.75) is 32.2 Å². The molecule has 5 nitrogen and oxygen atoms in total. The summed E-state index contributed by atoms with van der Waals surface area (Å²) in [6.07, 6.45) is 0.526. The molecule has 0 aliphatic carbocycles. The van der Waals surface area contributed by atoms with Gasteiger partial charge in [0, 0.05) is 19.1 Å². The van der Waals surface area contributed by atoms with Crippen LogP contribution in [0.5, 0.6) is 0 Å². The molecule has 1 aliphatic rings. The van der Waals surface area contributed by atoms with E-state index in [9.17, 15) is 9.59 Å². The maximum atomic E-state index is 12.2. The standard InChI is InChI=1S/C16H22N2O3/c1-11(13-6-4-3-5-7-13)10-17-16(21)18-9-8-14(12(18)2)15(19)20/h3-7,11-12,14H,8-10H2,1-2H3,(H,17,21)(H,19,20). The number of amides is 2. The molecule has 3 unspecified atom stereocenters. The molecule has 1 aliphatic heterocycles.